The van der Waals surface area contributed by atoms with Crippen molar-refractivity contribution in [2.75, 3.05) is 6.54 Å². The molecule has 2 aliphatic carbocycles. The number of carbonyl (C=O) groups is 3. The Morgan fingerprint density at radius 1 is 1.11 bits per heavy atom. The van der Waals surface area contributed by atoms with E-state index < -0.39 is 16.5 Å². The Balaban J connectivity index is 1.72. The van der Waals surface area contributed by atoms with Crippen LogP contribution in [0.4, 0.5) is 0 Å². The molecule has 1 saturated carbocycles. The van der Waals surface area contributed by atoms with E-state index in [1.165, 1.54) is 0 Å². The predicted octanol–water partition coefficient (Wildman–Crippen LogP) is 8.81. The number of nitrogens with one attached hydrogen (secondary N) is 1. The molecule has 2 atom stereocenters. The first-order valence-electron chi connectivity index (χ1n) is 16.6. The van der Waals surface area contributed by atoms with Crippen molar-refractivity contribution in [1.82, 2.24) is 10.2 Å². The zero-order chi connectivity index (χ0) is 34.1. The fourth-order valence-corrected chi connectivity index (χ4v) is 7.77. The van der Waals surface area contributed by atoms with Gasteiger partial charge >= 0.3 is 5.97 Å². The van der Waals surface area contributed by atoms with Gasteiger partial charge in [-0.1, -0.05) is 71.4 Å². The van der Waals surface area contributed by atoms with E-state index >= 15 is 0 Å². The van der Waals surface area contributed by atoms with Crippen LogP contribution in [-0.4, -0.2) is 50.6 Å². The lowest BCUT2D eigenvalue weighted by Crippen LogP contribution is -2.51. The number of carbonyl (C=O) groups excluding carboxylic acids is 2. The zero-order valence-corrected chi connectivity index (χ0v) is 30.0. The van der Waals surface area contributed by atoms with Crippen molar-refractivity contribution in [3.63, 3.8) is 0 Å². The quantitative estimate of drug-likeness (QED) is 0.192. The van der Waals surface area contributed by atoms with E-state index in [2.05, 4.69) is 51.8 Å². The molecule has 0 saturated heterocycles. The molecule has 2 unspecified atom stereocenters. The Labute approximate surface area is 284 Å². The standard InChI is InChI=1S/C37H51Cl2N3O4/c1-34(2,3)17-16-29(24-10-12-25(13-11-24)32(45)40-20-8-9-30(43)44)42-33(46)31(26-21-28(38)23-36(7,39)22-26)41-37(42)18-14-27(15-19-37)35(4,5)6/h10-13,21-22,27,29H,8-9,14-20,23H2,1-7H3,(H,40,45)(H,43,44). The summed E-state index contributed by atoms with van der Waals surface area (Å²) in [5.41, 5.74) is 2.09. The molecule has 1 heterocycles. The van der Waals surface area contributed by atoms with Gasteiger partial charge in [-0.05, 0) is 92.4 Å². The van der Waals surface area contributed by atoms with Gasteiger partial charge in [0.1, 0.15) is 11.4 Å². The van der Waals surface area contributed by atoms with Gasteiger partial charge in [-0.25, -0.2) is 0 Å². The van der Waals surface area contributed by atoms with Crippen molar-refractivity contribution in [2.24, 2.45) is 21.7 Å². The number of hydrogen-bond donors (Lipinski definition) is 2. The van der Waals surface area contributed by atoms with Gasteiger partial charge in [-0.2, -0.15) is 0 Å². The van der Waals surface area contributed by atoms with Crippen LogP contribution >= 0.6 is 23.2 Å². The third kappa shape index (κ3) is 8.83. The Morgan fingerprint density at radius 2 is 1.74 bits per heavy atom. The third-order valence-electron chi connectivity index (χ3n) is 9.65. The van der Waals surface area contributed by atoms with E-state index in [1.807, 2.05) is 31.2 Å². The van der Waals surface area contributed by atoms with Crippen LogP contribution in [-0.2, 0) is 9.59 Å². The minimum Gasteiger partial charge on any atom is -0.481 e. The number of amides is 2. The number of aliphatic imine (C=N–C) groups is 1. The van der Waals surface area contributed by atoms with Gasteiger partial charge in [0.05, 0.1) is 10.9 Å². The second kappa shape index (κ2) is 13.8. The summed E-state index contributed by atoms with van der Waals surface area (Å²) in [6.45, 7) is 15.7. The van der Waals surface area contributed by atoms with Gasteiger partial charge in [-0.15, -0.1) is 11.6 Å². The SMILES string of the molecule is CC(C)(C)CCC(c1ccc(C(=O)NCCCC(=O)O)cc1)N1C(=O)C(C2=CC(C)(Cl)CC(Cl)=C2)=NC12CCC(C(C)(C)C)CC2. The lowest BCUT2D eigenvalue weighted by atomic mass is 9.69. The van der Waals surface area contributed by atoms with Crippen LogP contribution in [0.5, 0.6) is 0 Å². The van der Waals surface area contributed by atoms with E-state index in [4.69, 9.17) is 33.3 Å². The topological polar surface area (TPSA) is 99.1 Å². The normalized spacial score (nSPS) is 26.0. The third-order valence-corrected chi connectivity index (χ3v) is 10.1. The smallest absolute Gasteiger partial charge is 0.303 e. The molecule has 1 spiro atoms. The number of carboxylic acids is 1. The first-order chi connectivity index (χ1) is 21.3. The predicted molar refractivity (Wildman–Crippen MR) is 186 cm³/mol. The lowest BCUT2D eigenvalue weighted by Gasteiger charge is -2.47. The highest BCUT2D eigenvalue weighted by molar-refractivity contribution is 6.48. The van der Waals surface area contributed by atoms with E-state index in [9.17, 15) is 14.4 Å². The number of benzene rings is 1. The molecule has 252 valence electrons. The van der Waals surface area contributed by atoms with E-state index in [1.54, 1.807) is 12.1 Å². The maximum absolute atomic E-state index is 14.7. The van der Waals surface area contributed by atoms with Crippen LogP contribution in [0, 0.1) is 16.7 Å². The molecule has 9 heteroatoms. The summed E-state index contributed by atoms with van der Waals surface area (Å²) >= 11 is 13.3. The number of rotatable bonds is 10. The van der Waals surface area contributed by atoms with Crippen molar-refractivity contribution in [3.8, 4) is 0 Å². The van der Waals surface area contributed by atoms with Gasteiger partial charge in [-0.3, -0.25) is 19.4 Å². The molecule has 2 amide bonds. The molecular weight excluding hydrogens is 621 g/mol. The molecule has 0 bridgehead atoms. The van der Waals surface area contributed by atoms with Crippen LogP contribution < -0.4 is 5.32 Å². The number of halogens is 2. The highest BCUT2D eigenvalue weighted by Gasteiger charge is 2.53. The van der Waals surface area contributed by atoms with Crippen molar-refractivity contribution in [1.29, 1.82) is 0 Å². The molecule has 0 radical (unpaired) electrons. The Kier molecular flexibility index (Phi) is 10.9. The molecule has 7 nitrogen and oxygen atoms in total. The monoisotopic (exact) mass is 671 g/mol. The molecular formula is C37H51Cl2N3O4. The van der Waals surface area contributed by atoms with E-state index in [0.717, 1.165) is 44.1 Å². The summed E-state index contributed by atoms with van der Waals surface area (Å²) in [7, 11) is 0. The number of hydrogen-bond acceptors (Lipinski definition) is 4. The molecule has 0 aromatic heterocycles. The van der Waals surface area contributed by atoms with Crippen LogP contribution in [0.15, 0.2) is 52.0 Å². The fraction of sp³-hybridized carbons (Fsp3) is 0.622. The molecule has 1 aromatic carbocycles. The van der Waals surface area contributed by atoms with Crippen LogP contribution in [0.25, 0.3) is 0 Å². The van der Waals surface area contributed by atoms with Crippen LogP contribution in [0.3, 0.4) is 0 Å². The molecule has 3 aliphatic rings. The second-order valence-corrected chi connectivity index (χ2v) is 17.2. The summed E-state index contributed by atoms with van der Waals surface area (Å²) in [4.78, 5) is 45.0. The highest BCUT2D eigenvalue weighted by atomic mass is 35.5. The van der Waals surface area contributed by atoms with Crippen molar-refractivity contribution in [2.45, 2.75) is 123 Å². The lowest BCUT2D eigenvalue weighted by molar-refractivity contribution is -0.137. The van der Waals surface area contributed by atoms with Crippen LogP contribution in [0.1, 0.15) is 128 Å². The van der Waals surface area contributed by atoms with Gasteiger partial charge in [0, 0.05) is 35.6 Å². The number of allylic oxidation sites excluding steroid dienone is 3. The summed E-state index contributed by atoms with van der Waals surface area (Å²) in [6.07, 6.45) is 9.75. The van der Waals surface area contributed by atoms with Gasteiger partial charge in [0.25, 0.3) is 11.8 Å². The maximum atomic E-state index is 14.7. The Morgan fingerprint density at radius 3 is 2.28 bits per heavy atom. The molecule has 1 aromatic rings. The molecule has 2 N–H and O–H groups in total. The number of carboxylic acid groups (broad SMARTS) is 1. The second-order valence-electron chi connectivity index (χ2n) is 15.9. The van der Waals surface area contributed by atoms with E-state index in [-0.39, 0.29) is 41.7 Å². The summed E-state index contributed by atoms with van der Waals surface area (Å²) in [5.74, 6) is -0.705. The summed E-state index contributed by atoms with van der Waals surface area (Å²) < 4.78 is 0. The van der Waals surface area contributed by atoms with Crippen LogP contribution in [0.2, 0.25) is 0 Å². The minimum atomic E-state index is -0.885. The van der Waals surface area contributed by atoms with Gasteiger partial charge in [0.2, 0.25) is 0 Å². The van der Waals surface area contributed by atoms with Crippen molar-refractivity contribution >= 4 is 46.7 Å². The molecule has 1 fully saturated rings. The number of alkyl halides is 1. The first-order valence-corrected chi connectivity index (χ1v) is 17.4. The zero-order valence-electron chi connectivity index (χ0n) is 28.5. The minimum absolute atomic E-state index is 0.00385. The Bertz CT molecular complexity index is 1410. The molecule has 46 heavy (non-hydrogen) atoms. The van der Waals surface area contributed by atoms with E-state index in [0.29, 0.717) is 40.6 Å². The molecule has 4 rings (SSSR count). The average molecular weight is 673 g/mol. The summed E-state index contributed by atoms with van der Waals surface area (Å²) in [5, 5.41) is 12.3. The number of aliphatic carboxylic acids is 1. The first kappa shape index (κ1) is 36.2. The largest absolute Gasteiger partial charge is 0.481 e. The molecule has 1 aliphatic heterocycles. The van der Waals surface area contributed by atoms with Gasteiger partial charge < -0.3 is 15.3 Å². The summed E-state index contributed by atoms with van der Waals surface area (Å²) in [6, 6.07) is 7.24. The van der Waals surface area contributed by atoms with Gasteiger partial charge in [0.15, 0.2) is 0 Å². The highest BCUT2D eigenvalue weighted by Crippen LogP contribution is 2.51. The number of nitrogens with zero attached hydrogens (tertiary/aromatic N) is 2. The van der Waals surface area contributed by atoms with Crippen molar-refractivity contribution in [3.05, 3.63) is 58.1 Å². The van der Waals surface area contributed by atoms with Crippen molar-refractivity contribution < 1.29 is 19.5 Å². The fourth-order valence-electron chi connectivity index (χ4n) is 7.05. The Hall–Kier alpha value is -2.64. The maximum Gasteiger partial charge on any atom is 0.303 e. The average Bonchev–Trinajstić information content (AvgIpc) is 3.20.